The largest absolute Gasteiger partial charge is 0.462 e. The number of aromatic nitrogens is 3. The Morgan fingerprint density at radius 3 is 2.67 bits per heavy atom. The standard InChI is InChI=1S/C26H31N5O3S2/c1-5-15-31-23(17-11-13-18(14-12-17)30(3)4)28-29-26(31)35-16-21(32)27-24-22(25(33)34-6-2)19-9-7-8-10-20(19)36-24/h5,11-14H,1,6-10,15-16H2,2-4H3,(H,27,32). The molecule has 2 aromatic heterocycles. The van der Waals surface area contributed by atoms with Crippen molar-refractivity contribution in [1.82, 2.24) is 14.8 Å². The number of allylic oxidation sites excluding steroid dienone is 1. The molecule has 36 heavy (non-hydrogen) atoms. The first-order chi connectivity index (χ1) is 17.4. The Kier molecular flexibility index (Phi) is 8.48. The molecule has 0 saturated carbocycles. The van der Waals surface area contributed by atoms with Crippen LogP contribution in [-0.2, 0) is 28.9 Å². The van der Waals surface area contributed by atoms with E-state index in [9.17, 15) is 9.59 Å². The summed E-state index contributed by atoms with van der Waals surface area (Å²) in [7, 11) is 3.99. The third kappa shape index (κ3) is 5.65. The zero-order valence-corrected chi connectivity index (χ0v) is 22.5. The summed E-state index contributed by atoms with van der Waals surface area (Å²) >= 11 is 2.80. The van der Waals surface area contributed by atoms with Gasteiger partial charge in [0.15, 0.2) is 11.0 Å². The number of thioether (sulfide) groups is 1. The first-order valence-electron chi connectivity index (χ1n) is 12.0. The summed E-state index contributed by atoms with van der Waals surface area (Å²) in [6.07, 6.45) is 5.69. The maximum atomic E-state index is 12.9. The van der Waals surface area contributed by atoms with E-state index < -0.39 is 0 Å². The minimum absolute atomic E-state index is 0.139. The molecule has 0 fully saturated rings. The number of esters is 1. The fourth-order valence-electron chi connectivity index (χ4n) is 4.18. The van der Waals surface area contributed by atoms with E-state index in [2.05, 4.69) is 22.1 Å². The van der Waals surface area contributed by atoms with Crippen LogP contribution in [0.3, 0.4) is 0 Å². The van der Waals surface area contributed by atoms with Crippen LogP contribution >= 0.6 is 23.1 Å². The summed E-state index contributed by atoms with van der Waals surface area (Å²) in [5.41, 5.74) is 3.59. The lowest BCUT2D eigenvalue weighted by molar-refractivity contribution is -0.113. The fraction of sp³-hybridized carbons (Fsp3) is 0.385. The Morgan fingerprint density at radius 1 is 1.22 bits per heavy atom. The molecule has 1 aliphatic carbocycles. The molecule has 0 aliphatic heterocycles. The van der Waals surface area contributed by atoms with E-state index in [-0.39, 0.29) is 17.6 Å². The Bertz CT molecular complexity index is 1250. The van der Waals surface area contributed by atoms with Crippen LogP contribution in [0.15, 0.2) is 42.1 Å². The van der Waals surface area contributed by atoms with Crippen molar-refractivity contribution in [2.24, 2.45) is 0 Å². The third-order valence-electron chi connectivity index (χ3n) is 5.91. The lowest BCUT2D eigenvalue weighted by Gasteiger charge is -2.13. The highest BCUT2D eigenvalue weighted by Gasteiger charge is 2.27. The quantitative estimate of drug-likeness (QED) is 0.225. The number of carbonyl (C=O) groups is 2. The summed E-state index contributed by atoms with van der Waals surface area (Å²) in [4.78, 5) is 28.8. The number of anilines is 2. The van der Waals surface area contributed by atoms with Crippen molar-refractivity contribution in [3.05, 3.63) is 52.9 Å². The second-order valence-electron chi connectivity index (χ2n) is 8.62. The molecule has 3 aromatic rings. The van der Waals surface area contributed by atoms with Crippen molar-refractivity contribution < 1.29 is 14.3 Å². The van der Waals surface area contributed by atoms with Crippen molar-refractivity contribution in [3.8, 4) is 11.4 Å². The maximum absolute atomic E-state index is 12.9. The molecule has 0 spiro atoms. The van der Waals surface area contributed by atoms with Gasteiger partial charge in [0.25, 0.3) is 0 Å². The molecule has 1 aromatic carbocycles. The molecule has 0 bridgehead atoms. The smallest absolute Gasteiger partial charge is 0.341 e. The van der Waals surface area contributed by atoms with Crippen molar-refractivity contribution in [3.63, 3.8) is 0 Å². The van der Waals surface area contributed by atoms with Crippen molar-refractivity contribution in [2.75, 3.05) is 36.7 Å². The van der Waals surface area contributed by atoms with Crippen LogP contribution in [0.4, 0.5) is 10.7 Å². The molecule has 2 heterocycles. The van der Waals surface area contributed by atoms with Gasteiger partial charge in [-0.1, -0.05) is 17.8 Å². The number of nitrogens with one attached hydrogen (secondary N) is 1. The van der Waals surface area contributed by atoms with Gasteiger partial charge in [-0.15, -0.1) is 28.1 Å². The number of hydrogen-bond acceptors (Lipinski definition) is 8. The molecule has 0 atom stereocenters. The summed E-state index contributed by atoms with van der Waals surface area (Å²) in [6, 6.07) is 8.08. The van der Waals surface area contributed by atoms with Gasteiger partial charge >= 0.3 is 5.97 Å². The average Bonchev–Trinajstić information content (AvgIpc) is 3.44. The number of fused-ring (bicyclic) bond motifs is 1. The molecule has 190 valence electrons. The maximum Gasteiger partial charge on any atom is 0.341 e. The number of amides is 1. The molecule has 1 amide bonds. The fourth-order valence-corrected chi connectivity index (χ4v) is 6.22. The highest BCUT2D eigenvalue weighted by atomic mass is 32.2. The summed E-state index contributed by atoms with van der Waals surface area (Å²) < 4.78 is 7.24. The van der Waals surface area contributed by atoms with Crippen LogP contribution in [-0.4, -0.2) is 53.1 Å². The normalized spacial score (nSPS) is 12.6. The van der Waals surface area contributed by atoms with Crippen LogP contribution in [0.25, 0.3) is 11.4 Å². The molecule has 10 heteroatoms. The van der Waals surface area contributed by atoms with Crippen LogP contribution in [0, 0.1) is 0 Å². The van der Waals surface area contributed by atoms with E-state index >= 15 is 0 Å². The van der Waals surface area contributed by atoms with Gasteiger partial charge in [-0.2, -0.15) is 0 Å². The molecule has 4 rings (SSSR count). The van der Waals surface area contributed by atoms with Crippen LogP contribution in [0.5, 0.6) is 0 Å². The van der Waals surface area contributed by atoms with Crippen LogP contribution in [0.2, 0.25) is 0 Å². The summed E-state index contributed by atoms with van der Waals surface area (Å²) in [5.74, 6) is 0.294. The molecular formula is C26H31N5O3S2. The van der Waals surface area contributed by atoms with Gasteiger partial charge in [0, 0.05) is 36.8 Å². The van der Waals surface area contributed by atoms with Crippen LogP contribution < -0.4 is 10.2 Å². The van der Waals surface area contributed by atoms with E-state index in [4.69, 9.17) is 4.74 Å². The zero-order chi connectivity index (χ0) is 25.7. The predicted molar refractivity (Wildman–Crippen MR) is 146 cm³/mol. The second kappa shape index (κ2) is 11.7. The number of hydrogen-bond donors (Lipinski definition) is 1. The Morgan fingerprint density at radius 2 is 1.97 bits per heavy atom. The minimum Gasteiger partial charge on any atom is -0.462 e. The highest BCUT2D eigenvalue weighted by Crippen LogP contribution is 2.38. The van der Waals surface area contributed by atoms with Crippen molar-refractivity contribution >= 4 is 45.7 Å². The first-order valence-corrected chi connectivity index (χ1v) is 13.8. The van der Waals surface area contributed by atoms with E-state index in [1.165, 1.54) is 28.0 Å². The topological polar surface area (TPSA) is 89.3 Å². The second-order valence-corrected chi connectivity index (χ2v) is 10.7. The molecule has 0 unspecified atom stereocenters. The lowest BCUT2D eigenvalue weighted by Crippen LogP contribution is -2.17. The summed E-state index contributed by atoms with van der Waals surface area (Å²) in [6.45, 7) is 6.46. The van der Waals surface area contributed by atoms with Crippen LogP contribution in [0.1, 0.15) is 40.6 Å². The lowest BCUT2D eigenvalue weighted by atomic mass is 9.95. The monoisotopic (exact) mass is 525 g/mol. The zero-order valence-electron chi connectivity index (χ0n) is 20.9. The Labute approximate surface area is 219 Å². The number of carbonyl (C=O) groups excluding carboxylic acids is 2. The van der Waals surface area contributed by atoms with E-state index in [1.54, 1.807) is 13.0 Å². The average molecular weight is 526 g/mol. The van der Waals surface area contributed by atoms with Gasteiger partial charge < -0.3 is 15.0 Å². The molecule has 0 radical (unpaired) electrons. The van der Waals surface area contributed by atoms with E-state index in [1.807, 2.05) is 47.8 Å². The van der Waals surface area contributed by atoms with Gasteiger partial charge in [-0.05, 0) is 62.4 Å². The number of benzene rings is 1. The SMILES string of the molecule is C=CCn1c(SCC(=O)Nc2sc3c(c2C(=O)OCC)CCCC3)nnc1-c1ccc(N(C)C)cc1. The number of ether oxygens (including phenoxy) is 1. The number of aryl methyl sites for hydroxylation is 1. The molecular weight excluding hydrogens is 494 g/mol. The minimum atomic E-state index is -0.365. The van der Waals surface area contributed by atoms with Gasteiger partial charge in [0.05, 0.1) is 17.9 Å². The van der Waals surface area contributed by atoms with E-state index in [0.717, 1.165) is 48.3 Å². The van der Waals surface area contributed by atoms with Crippen molar-refractivity contribution in [2.45, 2.75) is 44.3 Å². The number of rotatable bonds is 10. The predicted octanol–water partition coefficient (Wildman–Crippen LogP) is 5.04. The molecule has 1 aliphatic rings. The van der Waals surface area contributed by atoms with Gasteiger partial charge in [0.1, 0.15) is 5.00 Å². The number of thiophene rings is 1. The van der Waals surface area contributed by atoms with Gasteiger partial charge in [0.2, 0.25) is 5.91 Å². The Balaban J connectivity index is 1.49. The molecule has 0 saturated heterocycles. The van der Waals surface area contributed by atoms with Gasteiger partial charge in [-0.25, -0.2) is 4.79 Å². The van der Waals surface area contributed by atoms with Crippen molar-refractivity contribution in [1.29, 1.82) is 0 Å². The van der Waals surface area contributed by atoms with Gasteiger partial charge in [-0.3, -0.25) is 9.36 Å². The molecule has 1 N–H and O–H groups in total. The Hall–Kier alpha value is -3.11. The van der Waals surface area contributed by atoms with E-state index in [0.29, 0.717) is 28.9 Å². The summed E-state index contributed by atoms with van der Waals surface area (Å²) in [5, 5.41) is 12.9. The first kappa shape index (κ1) is 26.0. The number of nitrogens with zero attached hydrogens (tertiary/aromatic N) is 4. The molecule has 8 nitrogen and oxygen atoms in total. The highest BCUT2D eigenvalue weighted by molar-refractivity contribution is 7.99. The third-order valence-corrected chi connectivity index (χ3v) is 8.08.